The molecule has 0 atom stereocenters. The van der Waals surface area contributed by atoms with Crippen LogP contribution in [-0.4, -0.2) is 28.2 Å². The molecule has 24 aromatic carbocycles. The smallest absolute Gasteiger partial charge is 0.147 e. The summed E-state index contributed by atoms with van der Waals surface area (Å²) >= 11 is 0. The summed E-state index contributed by atoms with van der Waals surface area (Å²) in [5.41, 5.74) is 30.5. The van der Waals surface area contributed by atoms with Gasteiger partial charge in [-0.1, -0.05) is 419 Å². The van der Waals surface area contributed by atoms with Crippen molar-refractivity contribution in [3.8, 4) is 77.9 Å². The van der Waals surface area contributed by atoms with E-state index in [9.17, 15) is 0 Å². The van der Waals surface area contributed by atoms with Gasteiger partial charge in [0.2, 0.25) is 0 Å². The van der Waals surface area contributed by atoms with Crippen molar-refractivity contribution in [1.82, 2.24) is 28.2 Å². The van der Waals surface area contributed by atoms with Crippen LogP contribution in [0.25, 0.3) is 290 Å². The molecule has 31 rings (SSSR count). The van der Waals surface area contributed by atoms with Gasteiger partial charge in [0.05, 0.1) is 49.7 Å². The first-order chi connectivity index (χ1) is 67.0. The first kappa shape index (κ1) is 74.9. The highest BCUT2D eigenvalue weighted by Crippen LogP contribution is 2.52. The zero-order chi connectivity index (χ0) is 88.2. The summed E-state index contributed by atoms with van der Waals surface area (Å²) in [5.74, 6) is 0. The minimum absolute atomic E-state index is 1.00. The lowest BCUT2D eigenvalue weighted by atomic mass is 9.92. The van der Waals surface area contributed by atoms with E-state index < -0.39 is 0 Å². The van der Waals surface area contributed by atoms with E-state index in [2.05, 4.69) is 474 Å². The third-order valence-electron chi connectivity index (χ3n) is 29.2. The molecule has 0 bridgehead atoms. The van der Waals surface area contributed by atoms with Crippen molar-refractivity contribution in [3.05, 3.63) is 461 Å². The van der Waals surface area contributed by atoms with E-state index in [0.29, 0.717) is 0 Å². The van der Waals surface area contributed by atoms with Crippen molar-refractivity contribution in [2.45, 2.75) is 0 Å². The number of rotatable bonds is 5. The average Bonchev–Trinajstić information content (AvgIpc) is 1.59. The van der Waals surface area contributed by atoms with Crippen LogP contribution < -0.4 is 0 Å². The van der Waals surface area contributed by atoms with Crippen LogP contribution in [0.2, 0.25) is 0 Å². The summed E-state index contributed by atoms with van der Waals surface area (Å²) in [6, 6.07) is 168. The zero-order valence-electron chi connectivity index (χ0n) is 73.1. The Balaban J connectivity index is 0.0000000988. The summed E-state index contributed by atoms with van der Waals surface area (Å²) in [6.45, 7) is 0. The van der Waals surface area contributed by atoms with E-state index in [1.54, 1.807) is 0 Å². The van der Waals surface area contributed by atoms with Crippen molar-refractivity contribution in [2.24, 2.45) is 0 Å². The topological polar surface area (TPSA) is 51.9 Å². The fraction of sp³-hybridized carbons (Fsp3) is 0. The molecule has 0 saturated heterocycles. The predicted octanol–water partition coefficient (Wildman–Crippen LogP) is 34.7. The highest BCUT2D eigenvalue weighted by atomic mass is 15.0. The SMILES string of the molecule is c1ccc(-c2ccc(-c3ccc4c5ccc6ccccc6c5c5nc6c7ccccc7ccc6n5c4c3)cc2)cc1.c1ccc2c(c1)-c1cccc3c(-c4ccc5c6ccc7ccccc7c6c6nc7c8ccccc8ccc7n6c5c4)ccc-2c13.c1ccc2c(c1)cc(-c1ccc(-c3ccc4c5ccc6ccccc6c5c5nc6c7ccccc7ccc6n5c4c3)cc1)c1ccccc12. The molecule has 6 aromatic heterocycles. The molecule has 0 spiro atoms. The largest absolute Gasteiger partial charge is 0.292 e. The second-order valence-corrected chi connectivity index (χ2v) is 36.2. The van der Waals surface area contributed by atoms with Crippen LogP contribution in [-0.2, 0) is 0 Å². The van der Waals surface area contributed by atoms with Crippen molar-refractivity contribution < 1.29 is 0 Å². The summed E-state index contributed by atoms with van der Waals surface area (Å²) in [6.07, 6.45) is 0. The molecule has 6 heteroatoms. The number of pyridine rings is 3. The first-order valence-corrected chi connectivity index (χ1v) is 46.5. The molecule has 30 aromatic rings. The van der Waals surface area contributed by atoms with Crippen LogP contribution in [0, 0.1) is 0 Å². The van der Waals surface area contributed by atoms with Gasteiger partial charge in [0, 0.05) is 48.5 Å². The van der Waals surface area contributed by atoms with Crippen LogP contribution in [0.3, 0.4) is 0 Å². The maximum atomic E-state index is 5.44. The van der Waals surface area contributed by atoms with Crippen molar-refractivity contribution in [3.63, 3.8) is 0 Å². The Morgan fingerprint density at radius 1 is 0.126 bits per heavy atom. The van der Waals surface area contributed by atoms with E-state index in [1.165, 1.54) is 234 Å². The quantitative estimate of drug-likeness (QED) is 0.161. The Morgan fingerprint density at radius 2 is 0.422 bits per heavy atom. The van der Waals surface area contributed by atoms with Crippen LogP contribution >= 0.6 is 0 Å². The van der Waals surface area contributed by atoms with Gasteiger partial charge < -0.3 is 0 Å². The van der Waals surface area contributed by atoms with Crippen molar-refractivity contribution >= 4 is 212 Å². The molecule has 0 radical (unpaired) electrons. The number of benzene rings is 24. The van der Waals surface area contributed by atoms with Gasteiger partial charge in [0.15, 0.2) is 0 Å². The second kappa shape index (κ2) is 29.3. The lowest BCUT2D eigenvalue weighted by Crippen LogP contribution is -1.93. The monoisotopic (exact) mass is 1710 g/mol. The summed E-state index contributed by atoms with van der Waals surface area (Å²) in [7, 11) is 0. The van der Waals surface area contributed by atoms with Crippen molar-refractivity contribution in [2.75, 3.05) is 0 Å². The highest BCUT2D eigenvalue weighted by molar-refractivity contribution is 6.29. The van der Waals surface area contributed by atoms with Gasteiger partial charge in [0.1, 0.15) is 16.9 Å². The molecule has 0 aliphatic heterocycles. The number of nitrogens with zero attached hydrogens (tertiary/aromatic N) is 6. The molecule has 0 amide bonds. The van der Waals surface area contributed by atoms with Crippen molar-refractivity contribution in [1.29, 1.82) is 0 Å². The Morgan fingerprint density at radius 3 is 0.874 bits per heavy atom. The molecule has 622 valence electrons. The maximum absolute atomic E-state index is 5.44. The number of fused-ring (bicyclic) bond motifs is 42. The van der Waals surface area contributed by atoms with Gasteiger partial charge in [0.25, 0.3) is 0 Å². The van der Waals surface area contributed by atoms with Crippen LogP contribution in [0.5, 0.6) is 0 Å². The minimum Gasteiger partial charge on any atom is -0.292 e. The summed E-state index contributed by atoms with van der Waals surface area (Å²) < 4.78 is 7.18. The fourth-order valence-corrected chi connectivity index (χ4v) is 22.9. The lowest BCUT2D eigenvalue weighted by molar-refractivity contribution is 1.32. The van der Waals surface area contributed by atoms with E-state index in [0.717, 1.165) is 55.6 Å². The second-order valence-electron chi connectivity index (χ2n) is 36.2. The highest BCUT2D eigenvalue weighted by Gasteiger charge is 2.27. The third kappa shape index (κ3) is 11.3. The molecule has 6 nitrogen and oxygen atoms in total. The fourth-order valence-electron chi connectivity index (χ4n) is 22.9. The number of imidazole rings is 3. The molecule has 0 saturated carbocycles. The average molecular weight is 1710 g/mol. The Kier molecular flexibility index (Phi) is 16.2. The Hall–Kier alpha value is -18.0. The normalized spacial score (nSPS) is 12.1. The van der Waals surface area contributed by atoms with Gasteiger partial charge in [-0.05, 0) is 217 Å². The van der Waals surface area contributed by atoms with Crippen LogP contribution in [0.4, 0.5) is 0 Å². The number of hydrogen-bond acceptors (Lipinski definition) is 3. The number of hydrogen-bond donors (Lipinski definition) is 0. The van der Waals surface area contributed by atoms with Gasteiger partial charge in [-0.15, -0.1) is 0 Å². The van der Waals surface area contributed by atoms with Gasteiger partial charge in [-0.3, -0.25) is 13.2 Å². The van der Waals surface area contributed by atoms with Gasteiger partial charge in [-0.25, -0.2) is 15.0 Å². The summed E-state index contributed by atoms with van der Waals surface area (Å²) in [4.78, 5) is 16.3. The minimum atomic E-state index is 1.00. The van der Waals surface area contributed by atoms with Gasteiger partial charge in [-0.2, -0.15) is 0 Å². The summed E-state index contributed by atoms with van der Waals surface area (Å²) in [5, 5.41) is 33.3. The molecule has 135 heavy (non-hydrogen) atoms. The van der Waals surface area contributed by atoms with Crippen LogP contribution in [0.15, 0.2) is 461 Å². The third-order valence-corrected chi connectivity index (χ3v) is 29.2. The van der Waals surface area contributed by atoms with E-state index in [4.69, 9.17) is 15.0 Å². The molecule has 1 aliphatic rings. The number of aromatic nitrogens is 6. The van der Waals surface area contributed by atoms with E-state index in [-0.39, 0.29) is 0 Å². The molecule has 0 fully saturated rings. The zero-order valence-corrected chi connectivity index (χ0v) is 73.1. The van der Waals surface area contributed by atoms with E-state index in [1.807, 2.05) is 0 Å². The van der Waals surface area contributed by atoms with E-state index >= 15 is 0 Å². The molecule has 0 N–H and O–H groups in total. The predicted molar refractivity (Wildman–Crippen MR) is 572 cm³/mol. The lowest BCUT2D eigenvalue weighted by Gasteiger charge is -2.14. The standard InChI is InChI=1S/C47H28N2.C43H24N2.C39H24N2/c1-5-13-36-30(9-1)21-25-41-40-24-22-33(28-44(40)49-43-26-23-31-10-2-6-14-37(31)46(43)48-47(49)45(36)41)29-17-19-32(20-18-29)42-27-34-11-3-4-12-35(34)38-15-7-8-16-39(38)42;1-3-10-29-25(8-1)16-20-37-33-19-17-27(28-21-22-36-32-13-6-5-12-31(32)35-15-7-14-34(28)40(35)36)24-39(33)45-38-23-18-26-9-2-4-11-30(26)42(38)44-43(45)41(29)37;1-2-8-25(9-3-1)26-14-16-27(17-15-26)30-19-21-33-34-22-18-28-10-4-6-12-31(28)37(34)39-40-38-32-13-7-5-11-29(32)20-23-35(38)41(39)36(33)24-30/h1-28H;1-24H;1-24H. The molecule has 0 unspecified atom stereocenters. The molecular weight excluding hydrogens is 1630 g/mol. The van der Waals surface area contributed by atoms with Gasteiger partial charge >= 0.3 is 0 Å². The molecule has 6 heterocycles. The maximum Gasteiger partial charge on any atom is 0.147 e. The molecule has 1 aliphatic carbocycles. The first-order valence-electron chi connectivity index (χ1n) is 46.5. The Bertz CT molecular complexity index is 10400. The molecular formula is C129H76N6. The Labute approximate surface area is 773 Å². The van der Waals surface area contributed by atoms with Crippen LogP contribution in [0.1, 0.15) is 0 Å².